The van der Waals surface area contributed by atoms with Gasteiger partial charge >= 0.3 is 5.97 Å². The van der Waals surface area contributed by atoms with Gasteiger partial charge in [0.05, 0.1) is 16.3 Å². The maximum atomic E-state index is 13.1. The van der Waals surface area contributed by atoms with Crippen molar-refractivity contribution in [1.82, 2.24) is 15.8 Å². The molecule has 2 heterocycles. The summed E-state index contributed by atoms with van der Waals surface area (Å²) in [6.07, 6.45) is -0.207. The highest BCUT2D eigenvalue weighted by Gasteiger charge is 2.25. The van der Waals surface area contributed by atoms with Crippen LogP contribution in [0.4, 0.5) is 11.4 Å². The predicted octanol–water partition coefficient (Wildman–Crippen LogP) is 1.52. The van der Waals surface area contributed by atoms with Crippen molar-refractivity contribution in [3.05, 3.63) is 57.6 Å². The third kappa shape index (κ3) is 7.75. The second kappa shape index (κ2) is 12.8. The number of hydrogen-bond donors (Lipinski definition) is 7. The molecule has 0 unspecified atom stereocenters. The average molecular weight is 566 g/mol. The quantitative estimate of drug-likeness (QED) is 0.110. The molecule has 206 valence electrons. The van der Waals surface area contributed by atoms with E-state index in [4.69, 9.17) is 16.0 Å². The number of aliphatic carboxylic acids is 1. The van der Waals surface area contributed by atoms with Gasteiger partial charge in [-0.1, -0.05) is 11.2 Å². The van der Waals surface area contributed by atoms with Crippen LogP contribution in [0.2, 0.25) is 0 Å². The Morgan fingerprint density at radius 1 is 1.21 bits per heavy atom. The number of nitrogens with two attached hydrogens (primary N) is 2. The third-order valence-corrected chi connectivity index (χ3v) is 7.84. The number of aromatic nitrogens is 1. The van der Waals surface area contributed by atoms with E-state index in [0.717, 1.165) is 22.6 Å². The predicted molar refractivity (Wildman–Crippen MR) is 143 cm³/mol. The fourth-order valence-corrected chi connectivity index (χ4v) is 5.48. The molecule has 3 aromatic rings. The van der Waals surface area contributed by atoms with Crippen molar-refractivity contribution >= 4 is 44.6 Å². The molecule has 15 heteroatoms. The maximum absolute atomic E-state index is 13.1. The molecule has 9 N–H and O–H groups in total. The summed E-state index contributed by atoms with van der Waals surface area (Å²) in [7, 11) is -4.06. The summed E-state index contributed by atoms with van der Waals surface area (Å²) in [5, 5.41) is 23.3. The molecule has 2 aromatic heterocycles. The van der Waals surface area contributed by atoms with E-state index in [1.54, 1.807) is 19.1 Å². The zero-order valence-corrected chi connectivity index (χ0v) is 22.5. The van der Waals surface area contributed by atoms with Crippen LogP contribution in [0.1, 0.15) is 39.5 Å². The number of nitrogens with zero attached hydrogens (tertiary/aromatic N) is 1. The summed E-state index contributed by atoms with van der Waals surface area (Å²) >= 11 is 0.987. The molecule has 0 saturated heterocycles. The number of carboxylic acid groups (broad SMARTS) is 1. The molecule has 0 aliphatic heterocycles. The summed E-state index contributed by atoms with van der Waals surface area (Å²) in [5.74, 6) is -1.25. The highest BCUT2D eigenvalue weighted by atomic mass is 32.2. The lowest BCUT2D eigenvalue weighted by molar-refractivity contribution is -0.139. The standard InChI is InChI=1S/C23H31N7O6S2/c1-13-17(14(2)36-29-13)12-27-15-5-3-6-16(11-15)38(34,35)30-18-8-10-37-20(18)21(31)28-19(22(32)33)7-4-9-26-23(24)25/h3,5-6,8,10-11,19,23,26-27,30H,4,7,9,12,24-25H2,1-2H3,(H,28,31)(H,32,33)/t19-/m0/s1. The van der Waals surface area contributed by atoms with Crippen LogP contribution in [0.3, 0.4) is 0 Å². The van der Waals surface area contributed by atoms with Crippen molar-refractivity contribution in [2.75, 3.05) is 16.6 Å². The Kier molecular flexibility index (Phi) is 9.82. The van der Waals surface area contributed by atoms with Gasteiger partial charge in [-0.2, -0.15) is 0 Å². The van der Waals surface area contributed by atoms with Crippen LogP contribution < -0.4 is 32.1 Å². The summed E-state index contributed by atoms with van der Waals surface area (Å²) in [5.41, 5.74) is 13.0. The smallest absolute Gasteiger partial charge is 0.326 e. The topological polar surface area (TPSA) is 215 Å². The van der Waals surface area contributed by atoms with Crippen LogP contribution in [0, 0.1) is 13.8 Å². The molecule has 1 aromatic carbocycles. The van der Waals surface area contributed by atoms with Gasteiger partial charge in [-0.25, -0.2) is 13.2 Å². The minimum absolute atomic E-state index is 0.0205. The van der Waals surface area contributed by atoms with Gasteiger partial charge in [0.2, 0.25) is 0 Å². The number of aryl methyl sites for hydroxylation is 2. The molecule has 0 fully saturated rings. The summed E-state index contributed by atoms with van der Waals surface area (Å²) < 4.78 is 33.8. The molecular formula is C23H31N7O6S2. The summed E-state index contributed by atoms with van der Waals surface area (Å²) in [6.45, 7) is 4.38. The molecule has 3 rings (SSSR count). The molecule has 0 saturated carbocycles. The van der Waals surface area contributed by atoms with Crippen LogP contribution in [0.5, 0.6) is 0 Å². The molecule has 0 spiro atoms. The number of hydrogen-bond acceptors (Lipinski definition) is 11. The molecule has 0 aliphatic carbocycles. The van der Waals surface area contributed by atoms with Gasteiger partial charge in [0.25, 0.3) is 15.9 Å². The van der Waals surface area contributed by atoms with E-state index in [0.29, 0.717) is 31.0 Å². The van der Waals surface area contributed by atoms with Gasteiger partial charge in [0, 0.05) is 17.8 Å². The number of carboxylic acids is 1. The van der Waals surface area contributed by atoms with Gasteiger partial charge in [-0.15, -0.1) is 11.3 Å². The van der Waals surface area contributed by atoms with Crippen molar-refractivity contribution in [3.63, 3.8) is 0 Å². The number of thiophene rings is 1. The lowest BCUT2D eigenvalue weighted by Gasteiger charge is -2.16. The number of carbonyl (C=O) groups excluding carboxylic acids is 1. The molecule has 38 heavy (non-hydrogen) atoms. The van der Waals surface area contributed by atoms with Crippen molar-refractivity contribution < 1.29 is 27.6 Å². The molecule has 13 nitrogen and oxygen atoms in total. The highest BCUT2D eigenvalue weighted by Crippen LogP contribution is 2.26. The molecule has 1 atom stereocenters. The SMILES string of the molecule is Cc1noc(C)c1CNc1cccc(S(=O)(=O)Nc2ccsc2C(=O)N[C@@H](CCCNC(N)N)C(=O)O)c1. The molecule has 0 aliphatic rings. The Morgan fingerprint density at radius 3 is 2.63 bits per heavy atom. The fraction of sp³-hybridized carbons (Fsp3) is 0.348. The van der Waals surface area contributed by atoms with Crippen molar-refractivity contribution in [1.29, 1.82) is 0 Å². The van der Waals surface area contributed by atoms with Gasteiger partial charge in [-0.05, 0) is 62.9 Å². The maximum Gasteiger partial charge on any atom is 0.326 e. The Labute approximate surface area is 224 Å². The van der Waals surface area contributed by atoms with E-state index < -0.39 is 34.2 Å². The van der Waals surface area contributed by atoms with Gasteiger partial charge in [-0.3, -0.25) is 14.8 Å². The van der Waals surface area contributed by atoms with Crippen molar-refractivity contribution in [3.8, 4) is 0 Å². The molecule has 0 bridgehead atoms. The van der Waals surface area contributed by atoms with Crippen LogP contribution in [-0.2, 0) is 21.4 Å². The minimum atomic E-state index is -4.06. The second-order valence-corrected chi connectivity index (χ2v) is 11.0. The lowest BCUT2D eigenvalue weighted by atomic mass is 10.1. The first-order valence-electron chi connectivity index (χ1n) is 11.6. The summed E-state index contributed by atoms with van der Waals surface area (Å²) in [6, 6.07) is 6.48. The van der Waals surface area contributed by atoms with E-state index in [-0.39, 0.29) is 21.9 Å². The fourth-order valence-electron chi connectivity index (χ4n) is 3.54. The Hall–Kier alpha value is -3.50. The van der Waals surface area contributed by atoms with Gasteiger partial charge in [0.15, 0.2) is 0 Å². The second-order valence-electron chi connectivity index (χ2n) is 8.44. The first-order chi connectivity index (χ1) is 18.0. The zero-order valence-electron chi connectivity index (χ0n) is 20.9. The molecular weight excluding hydrogens is 534 g/mol. The van der Waals surface area contributed by atoms with Crippen LogP contribution in [0.15, 0.2) is 45.1 Å². The van der Waals surface area contributed by atoms with Crippen molar-refractivity contribution in [2.24, 2.45) is 11.5 Å². The van der Waals surface area contributed by atoms with E-state index >= 15 is 0 Å². The number of carbonyl (C=O) groups is 2. The van der Waals surface area contributed by atoms with Crippen LogP contribution in [-0.4, -0.2) is 49.4 Å². The van der Waals surface area contributed by atoms with E-state index in [1.807, 2.05) is 6.92 Å². The number of amides is 1. The van der Waals surface area contributed by atoms with Crippen LogP contribution >= 0.6 is 11.3 Å². The van der Waals surface area contributed by atoms with E-state index in [9.17, 15) is 23.1 Å². The average Bonchev–Trinajstić information content (AvgIpc) is 3.44. The largest absolute Gasteiger partial charge is 0.480 e. The Balaban J connectivity index is 1.68. The number of sulfonamides is 1. The normalized spacial score (nSPS) is 12.3. The van der Waals surface area contributed by atoms with Crippen molar-refractivity contribution in [2.45, 2.75) is 50.5 Å². The van der Waals surface area contributed by atoms with Crippen LogP contribution in [0.25, 0.3) is 0 Å². The summed E-state index contributed by atoms with van der Waals surface area (Å²) in [4.78, 5) is 24.5. The third-order valence-electron chi connectivity index (χ3n) is 5.56. The van der Waals surface area contributed by atoms with E-state index in [2.05, 4.69) is 25.8 Å². The number of anilines is 2. The Bertz CT molecular complexity index is 1350. The lowest BCUT2D eigenvalue weighted by Crippen LogP contribution is -2.46. The minimum Gasteiger partial charge on any atom is -0.480 e. The number of benzene rings is 1. The Morgan fingerprint density at radius 2 is 1.97 bits per heavy atom. The van der Waals surface area contributed by atoms with Gasteiger partial charge in [0.1, 0.15) is 23.0 Å². The first kappa shape index (κ1) is 29.1. The first-order valence-corrected chi connectivity index (χ1v) is 14.0. The molecule has 0 radical (unpaired) electrons. The van der Waals surface area contributed by atoms with E-state index in [1.165, 1.54) is 23.6 Å². The number of rotatable bonds is 14. The zero-order chi connectivity index (χ0) is 27.9. The molecule has 1 amide bonds. The van der Waals surface area contributed by atoms with Gasteiger partial charge < -0.3 is 31.7 Å². The number of nitrogens with one attached hydrogen (secondary N) is 4. The monoisotopic (exact) mass is 565 g/mol. The highest BCUT2D eigenvalue weighted by molar-refractivity contribution is 7.92.